The molecule has 0 spiro atoms. The minimum Gasteiger partial charge on any atom is -0.488 e. The number of benzene rings is 1. The largest absolute Gasteiger partial charge is 0.488 e. The lowest BCUT2D eigenvalue weighted by Gasteiger charge is -2.36. The van der Waals surface area contributed by atoms with Gasteiger partial charge in [-0.15, -0.1) is 0 Å². The van der Waals surface area contributed by atoms with Crippen LogP contribution in [0.1, 0.15) is 52.0 Å². The lowest BCUT2D eigenvalue weighted by atomic mass is 9.86. The lowest BCUT2D eigenvalue weighted by Crippen LogP contribution is -2.43. The summed E-state index contributed by atoms with van der Waals surface area (Å²) in [6.45, 7) is 5.95. The third kappa shape index (κ3) is 2.76. The van der Waals surface area contributed by atoms with E-state index < -0.39 is 15.4 Å². The van der Waals surface area contributed by atoms with Crippen LogP contribution in [0.4, 0.5) is 0 Å². The van der Waals surface area contributed by atoms with E-state index in [0.717, 1.165) is 11.3 Å². The van der Waals surface area contributed by atoms with Gasteiger partial charge in [-0.2, -0.15) is 0 Å². The lowest BCUT2D eigenvalue weighted by molar-refractivity contribution is 0.0172. The molecule has 2 atom stereocenters. The average molecular weight is 324 g/mol. The van der Waals surface area contributed by atoms with E-state index in [0.29, 0.717) is 25.7 Å². The molecule has 1 aromatic rings. The SMILES string of the molecule is CC(C)(C)Oc1ccc(C2(O)CC3CCC(C2)S3(=O)=O)cc1. The van der Waals surface area contributed by atoms with Crippen molar-refractivity contribution in [2.75, 3.05) is 0 Å². The van der Waals surface area contributed by atoms with E-state index in [2.05, 4.69) is 0 Å². The Bertz CT molecular complexity index is 635. The zero-order valence-electron chi connectivity index (χ0n) is 13.4. The molecular formula is C17H24O4S. The van der Waals surface area contributed by atoms with Crippen LogP contribution in [0.15, 0.2) is 24.3 Å². The van der Waals surface area contributed by atoms with Gasteiger partial charge >= 0.3 is 0 Å². The Morgan fingerprint density at radius 2 is 1.59 bits per heavy atom. The molecule has 0 saturated carbocycles. The molecule has 2 fully saturated rings. The number of fused-ring (bicyclic) bond motifs is 2. The van der Waals surface area contributed by atoms with Crippen molar-refractivity contribution < 1.29 is 18.3 Å². The van der Waals surface area contributed by atoms with Crippen LogP contribution in [0.25, 0.3) is 0 Å². The zero-order chi connectivity index (χ0) is 16.2. The van der Waals surface area contributed by atoms with Crippen molar-refractivity contribution in [1.29, 1.82) is 0 Å². The molecule has 3 rings (SSSR count). The molecule has 0 aliphatic carbocycles. The van der Waals surface area contributed by atoms with Gasteiger partial charge in [-0.25, -0.2) is 8.42 Å². The quantitative estimate of drug-likeness (QED) is 0.908. The maximum absolute atomic E-state index is 12.2. The summed E-state index contributed by atoms with van der Waals surface area (Å²) in [6, 6.07) is 7.42. The number of hydrogen-bond acceptors (Lipinski definition) is 4. The van der Waals surface area contributed by atoms with Crippen LogP contribution in [-0.2, 0) is 15.4 Å². The Hall–Kier alpha value is -1.07. The van der Waals surface area contributed by atoms with Gasteiger partial charge < -0.3 is 9.84 Å². The fraction of sp³-hybridized carbons (Fsp3) is 0.647. The number of sulfone groups is 1. The second kappa shape index (κ2) is 4.96. The summed E-state index contributed by atoms with van der Waals surface area (Å²) < 4.78 is 30.1. The summed E-state index contributed by atoms with van der Waals surface area (Å²) in [5, 5.41) is 10.2. The normalized spacial score (nSPS) is 33.6. The second-order valence-corrected chi connectivity index (χ2v) is 10.1. The Balaban J connectivity index is 1.83. The monoisotopic (exact) mass is 324 g/mol. The maximum atomic E-state index is 12.2. The zero-order valence-corrected chi connectivity index (χ0v) is 14.2. The molecule has 5 heteroatoms. The van der Waals surface area contributed by atoms with Crippen LogP contribution < -0.4 is 4.74 Å². The second-order valence-electron chi connectivity index (χ2n) is 7.59. The van der Waals surface area contributed by atoms with Crippen LogP contribution in [0.5, 0.6) is 5.75 Å². The molecule has 2 aliphatic heterocycles. The molecule has 122 valence electrons. The minimum absolute atomic E-state index is 0.267. The van der Waals surface area contributed by atoms with E-state index in [4.69, 9.17) is 4.74 Å². The van der Waals surface area contributed by atoms with Crippen molar-refractivity contribution >= 4 is 9.84 Å². The smallest absolute Gasteiger partial charge is 0.156 e. The topological polar surface area (TPSA) is 63.6 Å². The molecule has 2 bridgehead atoms. The summed E-state index contributed by atoms with van der Waals surface area (Å²) in [5.74, 6) is 0.756. The van der Waals surface area contributed by atoms with Gasteiger partial charge in [0.15, 0.2) is 9.84 Å². The van der Waals surface area contributed by atoms with Crippen LogP contribution in [0.2, 0.25) is 0 Å². The molecule has 22 heavy (non-hydrogen) atoms. The highest BCUT2D eigenvalue weighted by atomic mass is 32.2. The predicted molar refractivity (Wildman–Crippen MR) is 85.7 cm³/mol. The molecule has 0 radical (unpaired) electrons. The molecule has 2 unspecified atom stereocenters. The molecule has 2 saturated heterocycles. The number of hydrogen-bond donors (Lipinski definition) is 1. The summed E-state index contributed by atoms with van der Waals surface area (Å²) in [4.78, 5) is 0. The Kier molecular flexibility index (Phi) is 3.57. The van der Waals surface area contributed by atoms with Crippen molar-refractivity contribution in [3.63, 3.8) is 0 Å². The van der Waals surface area contributed by atoms with Crippen LogP contribution in [0, 0.1) is 0 Å². The highest BCUT2D eigenvalue weighted by Gasteiger charge is 2.53. The first-order valence-corrected chi connectivity index (χ1v) is 9.46. The molecule has 2 aliphatic rings. The molecule has 0 amide bonds. The van der Waals surface area contributed by atoms with Gasteiger partial charge in [0.2, 0.25) is 0 Å². The van der Waals surface area contributed by atoms with Gasteiger partial charge in [-0.1, -0.05) is 12.1 Å². The minimum atomic E-state index is -3.02. The van der Waals surface area contributed by atoms with Crippen molar-refractivity contribution in [2.45, 2.75) is 68.2 Å². The third-order valence-electron chi connectivity index (χ3n) is 4.69. The van der Waals surface area contributed by atoms with Gasteiger partial charge in [0.25, 0.3) is 0 Å². The van der Waals surface area contributed by atoms with Gasteiger partial charge in [-0.3, -0.25) is 0 Å². The van der Waals surface area contributed by atoms with E-state index in [1.54, 1.807) is 0 Å². The molecule has 4 nitrogen and oxygen atoms in total. The molecule has 1 aromatic carbocycles. The van der Waals surface area contributed by atoms with E-state index in [-0.39, 0.29) is 16.1 Å². The van der Waals surface area contributed by atoms with Gasteiger partial charge in [0.1, 0.15) is 11.4 Å². The Morgan fingerprint density at radius 1 is 1.09 bits per heavy atom. The van der Waals surface area contributed by atoms with Crippen LogP contribution in [0.3, 0.4) is 0 Å². The highest BCUT2D eigenvalue weighted by molar-refractivity contribution is 7.93. The molecular weight excluding hydrogens is 300 g/mol. The van der Waals surface area contributed by atoms with E-state index in [9.17, 15) is 13.5 Å². The van der Waals surface area contributed by atoms with Crippen molar-refractivity contribution in [2.24, 2.45) is 0 Å². The van der Waals surface area contributed by atoms with E-state index >= 15 is 0 Å². The van der Waals surface area contributed by atoms with Gasteiger partial charge in [0, 0.05) is 0 Å². The average Bonchev–Trinajstić information content (AvgIpc) is 2.58. The van der Waals surface area contributed by atoms with Crippen LogP contribution >= 0.6 is 0 Å². The van der Waals surface area contributed by atoms with Gasteiger partial charge in [-0.05, 0) is 64.2 Å². The number of aliphatic hydroxyl groups is 1. The summed E-state index contributed by atoms with van der Waals surface area (Å²) in [5.41, 5.74) is -0.506. The number of ether oxygens (including phenoxy) is 1. The van der Waals surface area contributed by atoms with E-state index in [1.165, 1.54) is 0 Å². The fourth-order valence-electron chi connectivity index (χ4n) is 3.67. The molecule has 2 heterocycles. The summed E-state index contributed by atoms with van der Waals surface area (Å²) in [6.07, 6.45) is 1.98. The van der Waals surface area contributed by atoms with Crippen molar-refractivity contribution in [3.05, 3.63) is 29.8 Å². The molecule has 0 aromatic heterocycles. The number of rotatable bonds is 2. The Labute approximate surface area is 132 Å². The Morgan fingerprint density at radius 3 is 2.05 bits per heavy atom. The molecule has 1 N–H and O–H groups in total. The summed E-state index contributed by atoms with van der Waals surface area (Å²) in [7, 11) is -3.02. The predicted octanol–water partition coefficient (Wildman–Crippen LogP) is 2.79. The van der Waals surface area contributed by atoms with Crippen LogP contribution in [-0.4, -0.2) is 29.6 Å². The standard InChI is InChI=1S/C17H24O4S/c1-16(2,3)21-13-6-4-12(5-7-13)17(18)10-14-8-9-15(11-17)22(14,19)20/h4-7,14-15,18H,8-11H2,1-3H3. The summed E-state index contributed by atoms with van der Waals surface area (Å²) >= 11 is 0. The van der Waals surface area contributed by atoms with E-state index in [1.807, 2.05) is 45.0 Å². The third-order valence-corrected chi connectivity index (χ3v) is 7.35. The first-order valence-electron chi connectivity index (χ1n) is 7.85. The van der Waals surface area contributed by atoms with Crippen molar-refractivity contribution in [3.8, 4) is 5.75 Å². The first-order chi connectivity index (χ1) is 10.1. The van der Waals surface area contributed by atoms with Crippen molar-refractivity contribution in [1.82, 2.24) is 0 Å². The highest BCUT2D eigenvalue weighted by Crippen LogP contribution is 2.47. The van der Waals surface area contributed by atoms with Gasteiger partial charge in [0.05, 0.1) is 16.1 Å². The first kappa shape index (κ1) is 15.8. The maximum Gasteiger partial charge on any atom is 0.156 e. The fourth-order valence-corrected chi connectivity index (χ4v) is 6.16.